The number of halogens is 1. The van der Waals surface area contributed by atoms with Gasteiger partial charge in [0.05, 0.1) is 12.0 Å². The van der Waals surface area contributed by atoms with Crippen LogP contribution in [0.4, 0.5) is 5.69 Å². The van der Waals surface area contributed by atoms with Crippen LogP contribution in [0, 0.1) is 19.8 Å². The molecule has 1 amide bonds. The van der Waals surface area contributed by atoms with E-state index >= 15 is 0 Å². The Morgan fingerprint density at radius 1 is 1.26 bits per heavy atom. The summed E-state index contributed by atoms with van der Waals surface area (Å²) in [6, 6.07) is 5.73. The van der Waals surface area contributed by atoms with Crippen molar-refractivity contribution in [1.82, 2.24) is 4.90 Å². The number of likely N-dealkylation sites (tertiary alicyclic amines) is 1. The highest BCUT2D eigenvalue weighted by molar-refractivity contribution is 5.95. The van der Waals surface area contributed by atoms with Gasteiger partial charge in [0.2, 0.25) is 5.91 Å². The first-order chi connectivity index (χ1) is 10.4. The summed E-state index contributed by atoms with van der Waals surface area (Å²) in [4.78, 5) is 25.5. The first kappa shape index (κ1) is 19.5. The van der Waals surface area contributed by atoms with E-state index in [2.05, 4.69) is 10.2 Å². The van der Waals surface area contributed by atoms with Gasteiger partial charge in [0, 0.05) is 5.69 Å². The maximum absolute atomic E-state index is 12.4. The quantitative estimate of drug-likeness (QED) is 0.884. The lowest BCUT2D eigenvalue weighted by Crippen LogP contribution is -2.47. The van der Waals surface area contributed by atoms with Crippen LogP contribution in [-0.2, 0) is 9.59 Å². The number of rotatable bonds is 4. The lowest BCUT2D eigenvalue weighted by Gasteiger charge is -2.34. The molecule has 0 aromatic heterocycles. The number of aliphatic carboxylic acids is 1. The summed E-state index contributed by atoms with van der Waals surface area (Å²) in [6.45, 7) is 7.14. The van der Waals surface area contributed by atoms with Crippen LogP contribution < -0.4 is 5.32 Å². The van der Waals surface area contributed by atoms with Crippen molar-refractivity contribution in [3.8, 4) is 0 Å². The van der Waals surface area contributed by atoms with Gasteiger partial charge in [-0.2, -0.15) is 0 Å². The molecule has 1 fully saturated rings. The zero-order valence-electron chi connectivity index (χ0n) is 13.8. The molecule has 1 aliphatic heterocycles. The molecule has 0 radical (unpaired) electrons. The number of benzene rings is 1. The summed E-state index contributed by atoms with van der Waals surface area (Å²) in [5.74, 6) is -1.04. The Bertz CT molecular complexity index is 569. The van der Waals surface area contributed by atoms with Crippen molar-refractivity contribution in [2.75, 3.05) is 18.4 Å². The number of carbonyl (C=O) groups excluding carboxylic acids is 1. The molecule has 0 spiro atoms. The predicted molar refractivity (Wildman–Crippen MR) is 93.2 cm³/mol. The second-order valence-electron chi connectivity index (χ2n) is 6.13. The van der Waals surface area contributed by atoms with Gasteiger partial charge in [-0.3, -0.25) is 14.5 Å². The number of carbonyl (C=O) groups is 2. The molecule has 1 aromatic carbocycles. The van der Waals surface area contributed by atoms with Crippen LogP contribution in [0.3, 0.4) is 0 Å². The number of anilines is 1. The topological polar surface area (TPSA) is 69.6 Å². The lowest BCUT2D eigenvalue weighted by molar-refractivity contribution is -0.143. The highest BCUT2D eigenvalue weighted by Crippen LogP contribution is 2.21. The van der Waals surface area contributed by atoms with E-state index in [4.69, 9.17) is 5.11 Å². The summed E-state index contributed by atoms with van der Waals surface area (Å²) >= 11 is 0. The third-order valence-corrected chi connectivity index (χ3v) is 4.46. The van der Waals surface area contributed by atoms with E-state index < -0.39 is 5.97 Å². The van der Waals surface area contributed by atoms with Crippen molar-refractivity contribution in [3.63, 3.8) is 0 Å². The number of nitrogens with one attached hydrogen (secondary N) is 1. The minimum atomic E-state index is -0.729. The highest BCUT2D eigenvalue weighted by atomic mass is 35.5. The molecule has 5 nitrogen and oxygen atoms in total. The van der Waals surface area contributed by atoms with Gasteiger partial charge in [-0.15, -0.1) is 12.4 Å². The highest BCUT2D eigenvalue weighted by Gasteiger charge is 2.29. The molecule has 1 heterocycles. The van der Waals surface area contributed by atoms with Gasteiger partial charge >= 0.3 is 5.97 Å². The molecule has 0 aliphatic carbocycles. The molecule has 1 saturated heterocycles. The Morgan fingerprint density at radius 3 is 2.43 bits per heavy atom. The standard InChI is InChI=1S/C17H24N2O3.ClH/c1-11-4-5-12(2)15(10-11)18-16(20)13(3)19-8-6-14(7-9-19)17(21)22;/h4-5,10,13-14H,6-9H2,1-3H3,(H,18,20)(H,21,22);1H. The Kier molecular flexibility index (Phi) is 7.03. The lowest BCUT2D eigenvalue weighted by atomic mass is 9.96. The zero-order valence-corrected chi connectivity index (χ0v) is 14.7. The number of piperidine rings is 1. The van der Waals surface area contributed by atoms with Crippen molar-refractivity contribution in [2.24, 2.45) is 5.92 Å². The minimum Gasteiger partial charge on any atom is -0.481 e. The van der Waals surface area contributed by atoms with E-state index in [1.54, 1.807) is 0 Å². The maximum atomic E-state index is 12.4. The van der Waals surface area contributed by atoms with Gasteiger partial charge in [0.15, 0.2) is 0 Å². The van der Waals surface area contributed by atoms with Crippen LogP contribution in [0.25, 0.3) is 0 Å². The van der Waals surface area contributed by atoms with E-state index in [-0.39, 0.29) is 30.3 Å². The van der Waals surface area contributed by atoms with Crippen molar-refractivity contribution in [3.05, 3.63) is 29.3 Å². The molecule has 1 atom stereocenters. The number of nitrogens with zero attached hydrogens (tertiary/aromatic N) is 1. The second-order valence-corrected chi connectivity index (χ2v) is 6.13. The average Bonchev–Trinajstić information content (AvgIpc) is 2.50. The Hall–Kier alpha value is -1.59. The van der Waals surface area contributed by atoms with Crippen LogP contribution in [-0.4, -0.2) is 41.0 Å². The van der Waals surface area contributed by atoms with Crippen LogP contribution in [0.2, 0.25) is 0 Å². The average molecular weight is 341 g/mol. The van der Waals surface area contributed by atoms with Crippen LogP contribution in [0.1, 0.15) is 30.9 Å². The Balaban J connectivity index is 0.00000264. The van der Waals surface area contributed by atoms with Crippen LogP contribution in [0.15, 0.2) is 18.2 Å². The van der Waals surface area contributed by atoms with Crippen LogP contribution in [0.5, 0.6) is 0 Å². The summed E-state index contributed by atoms with van der Waals surface area (Å²) in [5.41, 5.74) is 2.99. The molecular weight excluding hydrogens is 316 g/mol. The third kappa shape index (κ3) is 4.94. The Morgan fingerprint density at radius 2 is 1.87 bits per heavy atom. The van der Waals surface area contributed by atoms with Gasteiger partial charge in [-0.1, -0.05) is 12.1 Å². The number of hydrogen-bond donors (Lipinski definition) is 2. The molecule has 0 saturated carbocycles. The molecule has 128 valence electrons. The first-order valence-corrected chi connectivity index (χ1v) is 7.73. The number of carboxylic acids is 1. The molecule has 1 unspecified atom stereocenters. The van der Waals surface area contributed by atoms with Crippen molar-refractivity contribution in [1.29, 1.82) is 0 Å². The van der Waals surface area contributed by atoms with E-state index in [9.17, 15) is 9.59 Å². The van der Waals surface area contributed by atoms with Gasteiger partial charge in [-0.05, 0) is 63.9 Å². The van der Waals surface area contributed by atoms with Crippen molar-refractivity contribution >= 4 is 30.0 Å². The van der Waals surface area contributed by atoms with Gasteiger partial charge in [0.25, 0.3) is 0 Å². The van der Waals surface area contributed by atoms with E-state index in [0.717, 1.165) is 16.8 Å². The molecule has 0 bridgehead atoms. The summed E-state index contributed by atoms with van der Waals surface area (Å²) < 4.78 is 0. The smallest absolute Gasteiger partial charge is 0.306 e. The normalized spacial score (nSPS) is 17.2. The minimum absolute atomic E-state index is 0. The fraction of sp³-hybridized carbons (Fsp3) is 0.529. The molecule has 2 rings (SSSR count). The van der Waals surface area contributed by atoms with E-state index in [1.807, 2.05) is 39.0 Å². The Labute approximate surface area is 143 Å². The van der Waals surface area contributed by atoms with Gasteiger partial charge < -0.3 is 10.4 Å². The number of aryl methyl sites for hydroxylation is 2. The summed E-state index contributed by atoms with van der Waals surface area (Å²) in [6.07, 6.45) is 1.22. The molecule has 1 aliphatic rings. The van der Waals surface area contributed by atoms with E-state index in [0.29, 0.717) is 25.9 Å². The first-order valence-electron chi connectivity index (χ1n) is 7.73. The molecular formula is C17H25ClN2O3. The zero-order chi connectivity index (χ0) is 16.3. The van der Waals surface area contributed by atoms with Crippen molar-refractivity contribution in [2.45, 2.75) is 39.7 Å². The fourth-order valence-electron chi connectivity index (χ4n) is 2.81. The van der Waals surface area contributed by atoms with E-state index in [1.165, 1.54) is 0 Å². The monoisotopic (exact) mass is 340 g/mol. The SMILES string of the molecule is Cc1ccc(C)c(NC(=O)C(C)N2CCC(C(=O)O)CC2)c1.Cl. The summed E-state index contributed by atoms with van der Waals surface area (Å²) in [7, 11) is 0. The number of carboxylic acid groups (broad SMARTS) is 1. The molecule has 6 heteroatoms. The van der Waals surface area contributed by atoms with Crippen LogP contribution >= 0.6 is 12.4 Å². The van der Waals surface area contributed by atoms with Crippen molar-refractivity contribution < 1.29 is 14.7 Å². The predicted octanol–water partition coefficient (Wildman–Crippen LogP) is 2.85. The maximum Gasteiger partial charge on any atom is 0.306 e. The third-order valence-electron chi connectivity index (χ3n) is 4.46. The largest absolute Gasteiger partial charge is 0.481 e. The number of hydrogen-bond acceptors (Lipinski definition) is 3. The fourth-order valence-corrected chi connectivity index (χ4v) is 2.81. The van der Waals surface area contributed by atoms with Gasteiger partial charge in [-0.25, -0.2) is 0 Å². The number of amides is 1. The van der Waals surface area contributed by atoms with Gasteiger partial charge in [0.1, 0.15) is 0 Å². The molecule has 23 heavy (non-hydrogen) atoms. The summed E-state index contributed by atoms with van der Waals surface area (Å²) in [5, 5.41) is 12.0. The molecule has 2 N–H and O–H groups in total. The molecule has 1 aromatic rings. The second kappa shape index (κ2) is 8.31.